The molecule has 0 fully saturated rings. The normalized spacial score (nSPS) is 10.5. The quantitative estimate of drug-likeness (QED) is 0.751. The van der Waals surface area contributed by atoms with Crippen molar-refractivity contribution in [2.24, 2.45) is 5.73 Å². The summed E-state index contributed by atoms with van der Waals surface area (Å²) in [5.41, 5.74) is 10.9. The van der Waals surface area contributed by atoms with Crippen LogP contribution in [0.15, 0.2) is 60.7 Å². The molecule has 0 bridgehead atoms. The second-order valence-corrected chi connectivity index (χ2v) is 4.27. The van der Waals surface area contributed by atoms with Crippen LogP contribution in [-0.2, 0) is 0 Å². The number of nitrogens with zero attached hydrogens (tertiary/aromatic N) is 1. The summed E-state index contributed by atoms with van der Waals surface area (Å²) in [5.74, 6) is -0.459. The van der Waals surface area contributed by atoms with Crippen LogP contribution in [0.2, 0.25) is 0 Å². The minimum atomic E-state index is -0.459. The predicted molar refractivity (Wildman–Crippen MR) is 75.9 cm³/mol. The van der Waals surface area contributed by atoms with Gasteiger partial charge in [-0.15, -0.1) is 0 Å². The third kappa shape index (κ3) is 2.04. The van der Waals surface area contributed by atoms with E-state index in [1.165, 1.54) is 0 Å². The third-order valence-corrected chi connectivity index (χ3v) is 2.98. The number of carbonyl (C=O) groups is 1. The number of aromatic nitrogens is 1. The minimum absolute atomic E-state index is 0.435. The van der Waals surface area contributed by atoms with E-state index in [0.717, 1.165) is 16.6 Å². The number of para-hydroxylation sites is 2. The Morgan fingerprint density at radius 3 is 2.42 bits per heavy atom. The average Bonchev–Trinajstić information content (AvgIpc) is 2.79. The zero-order valence-corrected chi connectivity index (χ0v) is 10.2. The number of benzene rings is 2. The highest BCUT2D eigenvalue weighted by molar-refractivity contribution is 5.98. The standard InChI is InChI=1S/C15H13N3O/c16-15(19)14-10-11-6-4-5-9-13(11)18(14)17-12-7-2-1-3-8-12/h1-10,17H,(H2,16,19). The molecule has 3 aromatic rings. The van der Waals surface area contributed by atoms with E-state index >= 15 is 0 Å². The number of hydrogen-bond donors (Lipinski definition) is 2. The van der Waals surface area contributed by atoms with E-state index in [0.29, 0.717) is 5.69 Å². The van der Waals surface area contributed by atoms with E-state index in [4.69, 9.17) is 5.73 Å². The first kappa shape index (κ1) is 11.3. The molecule has 0 aliphatic rings. The highest BCUT2D eigenvalue weighted by Crippen LogP contribution is 2.20. The fourth-order valence-corrected chi connectivity index (χ4v) is 2.10. The second kappa shape index (κ2) is 4.49. The fourth-order valence-electron chi connectivity index (χ4n) is 2.10. The first-order chi connectivity index (χ1) is 9.25. The lowest BCUT2D eigenvalue weighted by molar-refractivity contribution is 0.0993. The number of anilines is 1. The molecule has 94 valence electrons. The Bertz CT molecular complexity index is 731. The molecule has 4 heteroatoms. The van der Waals surface area contributed by atoms with Gasteiger partial charge in [0.2, 0.25) is 0 Å². The lowest BCUT2D eigenvalue weighted by atomic mass is 10.2. The molecule has 0 radical (unpaired) electrons. The molecule has 0 aliphatic carbocycles. The molecule has 4 nitrogen and oxygen atoms in total. The zero-order valence-electron chi connectivity index (χ0n) is 10.2. The van der Waals surface area contributed by atoms with Crippen LogP contribution in [0.4, 0.5) is 5.69 Å². The Hall–Kier alpha value is -2.75. The molecule has 1 aromatic heterocycles. The highest BCUT2D eigenvalue weighted by atomic mass is 16.1. The van der Waals surface area contributed by atoms with Crippen LogP contribution in [0.3, 0.4) is 0 Å². The smallest absolute Gasteiger partial charge is 0.267 e. The number of amides is 1. The van der Waals surface area contributed by atoms with Crippen molar-refractivity contribution in [3.05, 3.63) is 66.4 Å². The van der Waals surface area contributed by atoms with E-state index < -0.39 is 5.91 Å². The van der Waals surface area contributed by atoms with Gasteiger partial charge in [-0.1, -0.05) is 36.4 Å². The van der Waals surface area contributed by atoms with Crippen LogP contribution in [0.1, 0.15) is 10.5 Å². The van der Waals surface area contributed by atoms with Crippen molar-refractivity contribution >= 4 is 22.5 Å². The Kier molecular flexibility index (Phi) is 2.68. The molecule has 3 N–H and O–H groups in total. The summed E-state index contributed by atoms with van der Waals surface area (Å²) in [6, 6.07) is 19.2. The van der Waals surface area contributed by atoms with Gasteiger partial charge in [-0.3, -0.25) is 10.2 Å². The van der Waals surface area contributed by atoms with Crippen LogP contribution in [0.25, 0.3) is 10.9 Å². The largest absolute Gasteiger partial charge is 0.364 e. The fraction of sp³-hybridized carbons (Fsp3) is 0. The molecule has 0 atom stereocenters. The van der Waals surface area contributed by atoms with Crippen LogP contribution in [0.5, 0.6) is 0 Å². The van der Waals surface area contributed by atoms with Gasteiger partial charge in [-0.25, -0.2) is 4.68 Å². The molecule has 3 rings (SSSR count). The van der Waals surface area contributed by atoms with E-state index in [2.05, 4.69) is 5.43 Å². The number of hydrogen-bond acceptors (Lipinski definition) is 2. The number of carbonyl (C=O) groups excluding carboxylic acids is 1. The van der Waals surface area contributed by atoms with Crippen molar-refractivity contribution < 1.29 is 4.79 Å². The van der Waals surface area contributed by atoms with Gasteiger partial charge in [0.15, 0.2) is 0 Å². The minimum Gasteiger partial charge on any atom is -0.364 e. The van der Waals surface area contributed by atoms with Crippen molar-refractivity contribution in [2.75, 3.05) is 5.43 Å². The number of nitrogens with two attached hydrogens (primary N) is 1. The molecule has 2 aromatic carbocycles. The van der Waals surface area contributed by atoms with Gasteiger partial charge in [0.25, 0.3) is 5.91 Å². The first-order valence-electron chi connectivity index (χ1n) is 5.98. The lowest BCUT2D eigenvalue weighted by Crippen LogP contribution is -2.21. The monoisotopic (exact) mass is 251 g/mol. The van der Waals surface area contributed by atoms with Gasteiger partial charge in [0.05, 0.1) is 11.2 Å². The van der Waals surface area contributed by atoms with E-state index in [1.54, 1.807) is 10.7 Å². The topological polar surface area (TPSA) is 60.1 Å². The molecule has 1 amide bonds. The summed E-state index contributed by atoms with van der Waals surface area (Å²) in [7, 11) is 0. The summed E-state index contributed by atoms with van der Waals surface area (Å²) < 4.78 is 1.72. The van der Waals surface area contributed by atoms with Crippen molar-refractivity contribution in [1.29, 1.82) is 0 Å². The number of primary amides is 1. The van der Waals surface area contributed by atoms with Gasteiger partial charge in [-0.2, -0.15) is 0 Å². The van der Waals surface area contributed by atoms with Crippen LogP contribution in [-0.4, -0.2) is 10.6 Å². The molecule has 0 saturated heterocycles. The molecule has 0 unspecified atom stereocenters. The van der Waals surface area contributed by atoms with Crippen molar-refractivity contribution in [3.63, 3.8) is 0 Å². The molecule has 1 heterocycles. The maximum absolute atomic E-state index is 11.5. The van der Waals surface area contributed by atoms with Crippen LogP contribution >= 0.6 is 0 Å². The summed E-state index contributed by atoms with van der Waals surface area (Å²) >= 11 is 0. The predicted octanol–water partition coefficient (Wildman–Crippen LogP) is 2.62. The third-order valence-electron chi connectivity index (χ3n) is 2.98. The Morgan fingerprint density at radius 1 is 1.00 bits per heavy atom. The molecule has 0 saturated carbocycles. The van der Waals surface area contributed by atoms with Gasteiger partial charge < -0.3 is 5.73 Å². The van der Waals surface area contributed by atoms with E-state index in [9.17, 15) is 4.79 Å². The molecule has 0 spiro atoms. The second-order valence-electron chi connectivity index (χ2n) is 4.27. The molecular formula is C15H13N3O. The SMILES string of the molecule is NC(=O)c1cc2ccccc2n1Nc1ccccc1. The van der Waals surface area contributed by atoms with E-state index in [1.807, 2.05) is 54.6 Å². The Labute approximate surface area is 110 Å². The summed E-state index contributed by atoms with van der Waals surface area (Å²) in [4.78, 5) is 11.5. The maximum atomic E-state index is 11.5. The first-order valence-corrected chi connectivity index (χ1v) is 5.98. The van der Waals surface area contributed by atoms with Gasteiger partial charge in [0.1, 0.15) is 5.69 Å². The summed E-state index contributed by atoms with van der Waals surface area (Å²) in [6.45, 7) is 0. The molecule has 19 heavy (non-hydrogen) atoms. The number of nitrogens with one attached hydrogen (secondary N) is 1. The van der Waals surface area contributed by atoms with Gasteiger partial charge in [-0.05, 0) is 24.3 Å². The van der Waals surface area contributed by atoms with Crippen LogP contribution in [0, 0.1) is 0 Å². The van der Waals surface area contributed by atoms with Crippen LogP contribution < -0.4 is 11.2 Å². The maximum Gasteiger partial charge on any atom is 0.267 e. The van der Waals surface area contributed by atoms with Gasteiger partial charge >= 0.3 is 0 Å². The lowest BCUT2D eigenvalue weighted by Gasteiger charge is -2.11. The number of rotatable bonds is 3. The summed E-state index contributed by atoms with van der Waals surface area (Å²) in [6.07, 6.45) is 0. The molecular weight excluding hydrogens is 238 g/mol. The molecule has 0 aliphatic heterocycles. The summed E-state index contributed by atoms with van der Waals surface area (Å²) in [5, 5.41) is 0.972. The van der Waals surface area contributed by atoms with E-state index in [-0.39, 0.29) is 0 Å². The van der Waals surface area contributed by atoms with Gasteiger partial charge in [0, 0.05) is 5.39 Å². The Balaban J connectivity index is 2.15. The Morgan fingerprint density at radius 2 is 1.68 bits per heavy atom. The average molecular weight is 251 g/mol. The van der Waals surface area contributed by atoms with Crippen molar-refractivity contribution in [2.45, 2.75) is 0 Å². The highest BCUT2D eigenvalue weighted by Gasteiger charge is 2.12. The van der Waals surface area contributed by atoms with Crippen molar-refractivity contribution in [3.8, 4) is 0 Å². The zero-order chi connectivity index (χ0) is 13.2. The number of fused-ring (bicyclic) bond motifs is 1. The van der Waals surface area contributed by atoms with Crippen molar-refractivity contribution in [1.82, 2.24) is 4.68 Å².